The molecule has 2 amide bonds. The molecular weight excluding hydrogens is 336 g/mol. The lowest BCUT2D eigenvalue weighted by Gasteiger charge is -2.13. The van der Waals surface area contributed by atoms with Crippen LogP contribution in [0, 0.1) is 6.92 Å². The number of nitrogens with one attached hydrogen (secondary N) is 2. The van der Waals surface area contributed by atoms with Gasteiger partial charge in [0.25, 0.3) is 11.8 Å². The predicted molar refractivity (Wildman–Crippen MR) is 101 cm³/mol. The molecule has 25 heavy (non-hydrogen) atoms. The summed E-state index contributed by atoms with van der Waals surface area (Å²) >= 11 is 5.89. The molecule has 2 aromatic carbocycles. The summed E-state index contributed by atoms with van der Waals surface area (Å²) in [7, 11) is 0. The van der Waals surface area contributed by atoms with Gasteiger partial charge in [-0.15, -0.1) is 0 Å². The lowest BCUT2D eigenvalue weighted by molar-refractivity contribution is -0.118. The highest BCUT2D eigenvalue weighted by Crippen LogP contribution is 2.13. The Morgan fingerprint density at radius 1 is 1.08 bits per heavy atom. The van der Waals surface area contributed by atoms with E-state index >= 15 is 0 Å². The lowest BCUT2D eigenvalue weighted by atomic mass is 10.1. The van der Waals surface area contributed by atoms with Crippen LogP contribution < -0.4 is 10.6 Å². The van der Waals surface area contributed by atoms with Crippen molar-refractivity contribution in [3.8, 4) is 0 Å². The van der Waals surface area contributed by atoms with Crippen LogP contribution in [0.2, 0.25) is 5.02 Å². The maximum Gasteiger partial charge on any atom is 0.268 e. The fourth-order valence-corrected chi connectivity index (χ4v) is 2.33. The molecule has 2 rings (SSSR count). The largest absolute Gasteiger partial charge is 0.349 e. The van der Waals surface area contributed by atoms with Crippen LogP contribution in [0.3, 0.4) is 0 Å². The van der Waals surface area contributed by atoms with E-state index in [1.165, 1.54) is 0 Å². The van der Waals surface area contributed by atoms with Crippen molar-refractivity contribution >= 4 is 29.5 Å². The third-order valence-electron chi connectivity index (χ3n) is 3.37. The highest BCUT2D eigenvalue weighted by molar-refractivity contribution is 6.30. The average Bonchev–Trinajstić information content (AvgIpc) is 2.55. The number of hydrogen-bond acceptors (Lipinski definition) is 2. The van der Waals surface area contributed by atoms with Crippen molar-refractivity contribution in [2.24, 2.45) is 0 Å². The van der Waals surface area contributed by atoms with Crippen LogP contribution >= 0.6 is 11.6 Å². The van der Waals surface area contributed by atoms with Gasteiger partial charge in [-0.1, -0.05) is 41.4 Å². The first-order valence-corrected chi connectivity index (χ1v) is 8.39. The normalized spacial score (nSPS) is 11.3. The Morgan fingerprint density at radius 3 is 2.36 bits per heavy atom. The van der Waals surface area contributed by atoms with Crippen molar-refractivity contribution in [1.82, 2.24) is 10.6 Å². The number of amides is 2. The zero-order valence-corrected chi connectivity index (χ0v) is 15.2. The Hall–Kier alpha value is -2.59. The molecule has 130 valence electrons. The van der Waals surface area contributed by atoms with Gasteiger partial charge in [-0.2, -0.15) is 0 Å². The molecule has 0 fully saturated rings. The summed E-state index contributed by atoms with van der Waals surface area (Å²) in [5.41, 5.74) is 2.42. The summed E-state index contributed by atoms with van der Waals surface area (Å²) in [6.45, 7) is 5.63. The summed E-state index contributed by atoms with van der Waals surface area (Å²) in [5.74, 6) is -0.672. The van der Waals surface area contributed by atoms with Crippen molar-refractivity contribution in [2.45, 2.75) is 26.8 Å². The highest BCUT2D eigenvalue weighted by atomic mass is 35.5. The molecule has 0 aliphatic rings. The zero-order valence-electron chi connectivity index (χ0n) is 14.5. The second kappa shape index (κ2) is 8.49. The number of carbonyl (C=O) groups excluding carboxylic acids is 2. The Bertz CT molecular complexity index is 796. The number of hydrogen-bond donors (Lipinski definition) is 2. The van der Waals surface area contributed by atoms with E-state index in [0.717, 1.165) is 11.1 Å². The maximum atomic E-state index is 12.5. The van der Waals surface area contributed by atoms with Gasteiger partial charge in [0.1, 0.15) is 5.70 Å². The Kier molecular flexibility index (Phi) is 6.37. The van der Waals surface area contributed by atoms with Crippen molar-refractivity contribution in [3.05, 3.63) is 75.9 Å². The molecule has 0 bridgehead atoms. The summed E-state index contributed by atoms with van der Waals surface area (Å²) in [4.78, 5) is 24.9. The van der Waals surface area contributed by atoms with Gasteiger partial charge in [-0.05, 0) is 56.7 Å². The molecule has 0 radical (unpaired) electrons. The van der Waals surface area contributed by atoms with Crippen LogP contribution in [0.1, 0.15) is 35.3 Å². The first kappa shape index (κ1) is 18.7. The topological polar surface area (TPSA) is 58.2 Å². The molecule has 4 nitrogen and oxygen atoms in total. The van der Waals surface area contributed by atoms with Gasteiger partial charge < -0.3 is 10.6 Å². The SMILES string of the molecule is Cc1cccc(C(=O)NC(=Cc2ccc(Cl)cc2)C(=O)NC(C)C)c1. The molecule has 0 heterocycles. The maximum absolute atomic E-state index is 12.5. The van der Waals surface area contributed by atoms with E-state index < -0.39 is 0 Å². The van der Waals surface area contributed by atoms with Gasteiger partial charge in [0.15, 0.2) is 0 Å². The molecule has 2 N–H and O–H groups in total. The second-order valence-electron chi connectivity index (χ2n) is 6.06. The highest BCUT2D eigenvalue weighted by Gasteiger charge is 2.15. The standard InChI is InChI=1S/C20H21ClN2O2/c1-13(2)22-20(25)18(12-15-7-9-17(21)10-8-15)23-19(24)16-6-4-5-14(3)11-16/h4-13H,1-3H3,(H,22,25)(H,23,24). The molecule has 2 aromatic rings. The van der Waals surface area contributed by atoms with Gasteiger partial charge in [0.05, 0.1) is 0 Å². The third kappa shape index (κ3) is 5.76. The lowest BCUT2D eigenvalue weighted by Crippen LogP contribution is -2.38. The van der Waals surface area contributed by atoms with E-state index in [9.17, 15) is 9.59 Å². The molecule has 0 aliphatic heterocycles. The molecule has 5 heteroatoms. The molecule has 0 atom stereocenters. The van der Waals surface area contributed by atoms with Crippen molar-refractivity contribution in [2.75, 3.05) is 0 Å². The predicted octanol–water partition coefficient (Wildman–Crippen LogP) is 3.94. The minimum Gasteiger partial charge on any atom is -0.349 e. The Labute approximate surface area is 152 Å². The monoisotopic (exact) mass is 356 g/mol. The summed E-state index contributed by atoms with van der Waals surface area (Å²) in [6, 6.07) is 14.2. The molecule has 0 aliphatic carbocycles. The van der Waals surface area contributed by atoms with Crippen LogP contribution in [0.15, 0.2) is 54.2 Å². The summed E-state index contributed by atoms with van der Waals surface area (Å²) < 4.78 is 0. The van der Waals surface area contributed by atoms with E-state index in [1.54, 1.807) is 48.5 Å². The van der Waals surface area contributed by atoms with Gasteiger partial charge >= 0.3 is 0 Å². The van der Waals surface area contributed by atoms with Crippen LogP contribution in [0.5, 0.6) is 0 Å². The van der Waals surface area contributed by atoms with E-state index in [-0.39, 0.29) is 23.6 Å². The quantitative estimate of drug-likeness (QED) is 0.797. The van der Waals surface area contributed by atoms with Crippen molar-refractivity contribution < 1.29 is 9.59 Å². The Balaban J connectivity index is 2.29. The smallest absolute Gasteiger partial charge is 0.268 e. The van der Waals surface area contributed by atoms with Gasteiger partial charge in [-0.3, -0.25) is 9.59 Å². The molecule has 0 aromatic heterocycles. The molecule has 0 saturated heterocycles. The Morgan fingerprint density at radius 2 is 1.76 bits per heavy atom. The van der Waals surface area contributed by atoms with Gasteiger partial charge in [-0.25, -0.2) is 0 Å². The first-order valence-electron chi connectivity index (χ1n) is 8.01. The van der Waals surface area contributed by atoms with Gasteiger partial charge in [0.2, 0.25) is 0 Å². The van der Waals surface area contributed by atoms with E-state index in [2.05, 4.69) is 10.6 Å². The zero-order chi connectivity index (χ0) is 18.4. The van der Waals surface area contributed by atoms with Gasteiger partial charge in [0, 0.05) is 16.6 Å². The number of halogens is 1. The van der Waals surface area contributed by atoms with Crippen LogP contribution in [0.25, 0.3) is 6.08 Å². The van der Waals surface area contributed by atoms with Crippen molar-refractivity contribution in [3.63, 3.8) is 0 Å². The fraction of sp³-hybridized carbons (Fsp3) is 0.200. The summed E-state index contributed by atoms with van der Waals surface area (Å²) in [5, 5.41) is 6.11. The first-order chi connectivity index (χ1) is 11.8. The number of benzene rings is 2. The molecule has 0 spiro atoms. The van der Waals surface area contributed by atoms with E-state index in [1.807, 2.05) is 26.8 Å². The number of rotatable bonds is 5. The van der Waals surface area contributed by atoms with Crippen molar-refractivity contribution in [1.29, 1.82) is 0 Å². The minimum absolute atomic E-state index is 0.0445. The van der Waals surface area contributed by atoms with Crippen LogP contribution in [-0.4, -0.2) is 17.9 Å². The second-order valence-corrected chi connectivity index (χ2v) is 6.50. The number of carbonyl (C=O) groups is 2. The van der Waals surface area contributed by atoms with E-state index in [4.69, 9.17) is 11.6 Å². The van der Waals surface area contributed by atoms with Crippen LogP contribution in [0.4, 0.5) is 0 Å². The fourth-order valence-electron chi connectivity index (χ4n) is 2.20. The van der Waals surface area contributed by atoms with Crippen LogP contribution in [-0.2, 0) is 4.79 Å². The van der Waals surface area contributed by atoms with E-state index in [0.29, 0.717) is 10.6 Å². The molecule has 0 saturated carbocycles. The molecular formula is C20H21ClN2O2. The third-order valence-corrected chi connectivity index (χ3v) is 3.63. The molecule has 0 unspecified atom stereocenters. The number of aryl methyl sites for hydroxylation is 1. The average molecular weight is 357 g/mol. The minimum atomic E-state index is -0.342. The summed E-state index contributed by atoms with van der Waals surface area (Å²) in [6.07, 6.45) is 1.63.